The van der Waals surface area contributed by atoms with Crippen molar-refractivity contribution in [3.05, 3.63) is 24.0 Å². The van der Waals surface area contributed by atoms with Gasteiger partial charge in [-0.15, -0.1) is 0 Å². The monoisotopic (exact) mass is 236 g/mol. The smallest absolute Gasteiger partial charge is 0.0473 e. The highest BCUT2D eigenvalue weighted by Crippen LogP contribution is 2.41. The summed E-state index contributed by atoms with van der Waals surface area (Å²) in [5, 5.41) is 12.6. The van der Waals surface area contributed by atoms with Crippen molar-refractivity contribution in [3.8, 4) is 0 Å². The molecule has 1 aliphatic carbocycles. The molecule has 2 unspecified atom stereocenters. The molecule has 3 heteroatoms. The minimum absolute atomic E-state index is 0.257. The topological polar surface area (TPSA) is 37.2 Å². The summed E-state index contributed by atoms with van der Waals surface area (Å²) in [6.45, 7) is 6.43. The van der Waals surface area contributed by atoms with E-state index in [0.717, 1.165) is 19.0 Å². The maximum Gasteiger partial charge on any atom is 0.0473 e. The first-order chi connectivity index (χ1) is 8.24. The molecule has 1 aromatic heterocycles. The van der Waals surface area contributed by atoms with Gasteiger partial charge in [0.25, 0.3) is 0 Å². The number of hydrogen-bond donors (Lipinski definition) is 2. The average Bonchev–Trinajstić information content (AvgIpc) is 3.06. The number of aliphatic hydroxyl groups is 1. The van der Waals surface area contributed by atoms with Gasteiger partial charge < -0.3 is 15.0 Å². The first-order valence-electron chi connectivity index (χ1n) is 6.74. The van der Waals surface area contributed by atoms with Crippen molar-refractivity contribution in [3.63, 3.8) is 0 Å². The summed E-state index contributed by atoms with van der Waals surface area (Å²) in [6.07, 6.45) is 7.08. The molecule has 2 N–H and O–H groups in total. The van der Waals surface area contributed by atoms with Crippen LogP contribution in [0.15, 0.2) is 18.5 Å². The van der Waals surface area contributed by atoms with Gasteiger partial charge in [-0.1, -0.05) is 13.8 Å². The number of rotatable bonds is 7. The zero-order valence-electron chi connectivity index (χ0n) is 10.9. The number of nitrogens with zero attached hydrogens (tertiary/aromatic N) is 1. The Labute approximate surface area is 104 Å². The molecule has 1 heterocycles. The van der Waals surface area contributed by atoms with E-state index in [4.69, 9.17) is 5.11 Å². The molecule has 1 aliphatic rings. The van der Waals surface area contributed by atoms with Crippen LogP contribution in [0.5, 0.6) is 0 Å². The van der Waals surface area contributed by atoms with E-state index < -0.39 is 0 Å². The van der Waals surface area contributed by atoms with Crippen LogP contribution in [0.4, 0.5) is 0 Å². The fourth-order valence-electron chi connectivity index (χ4n) is 2.38. The molecule has 2 rings (SSSR count). The summed E-state index contributed by atoms with van der Waals surface area (Å²) in [7, 11) is 0. The van der Waals surface area contributed by atoms with Crippen molar-refractivity contribution in [2.75, 3.05) is 13.2 Å². The normalized spacial score (nSPS) is 19.2. The van der Waals surface area contributed by atoms with Gasteiger partial charge >= 0.3 is 0 Å². The van der Waals surface area contributed by atoms with Gasteiger partial charge in [-0.3, -0.25) is 0 Å². The standard InChI is InChI=1S/C14H24N2O/c1-3-15-14(12-4-5-12)13-6-7-16(9-13)8-11(2)10-17/h6-7,9,11-12,14-15,17H,3-5,8,10H2,1-2H3. The third kappa shape index (κ3) is 3.33. The fraction of sp³-hybridized carbons (Fsp3) is 0.714. The van der Waals surface area contributed by atoms with Crippen LogP contribution in [0.25, 0.3) is 0 Å². The van der Waals surface area contributed by atoms with Gasteiger partial charge in [-0.25, -0.2) is 0 Å². The number of aliphatic hydroxyl groups excluding tert-OH is 1. The summed E-state index contributed by atoms with van der Waals surface area (Å²) < 4.78 is 2.20. The Morgan fingerprint density at radius 1 is 1.53 bits per heavy atom. The van der Waals surface area contributed by atoms with E-state index in [9.17, 15) is 0 Å². The van der Waals surface area contributed by atoms with E-state index >= 15 is 0 Å². The highest BCUT2D eigenvalue weighted by atomic mass is 16.3. The fourth-order valence-corrected chi connectivity index (χ4v) is 2.38. The molecule has 96 valence electrons. The molecule has 1 aromatic rings. The van der Waals surface area contributed by atoms with Gasteiger partial charge in [-0.2, -0.15) is 0 Å². The van der Waals surface area contributed by atoms with Crippen LogP contribution < -0.4 is 5.32 Å². The summed E-state index contributed by atoms with van der Waals surface area (Å²) in [5.74, 6) is 1.16. The van der Waals surface area contributed by atoms with Crippen LogP contribution in [0, 0.1) is 11.8 Å². The van der Waals surface area contributed by atoms with E-state index in [1.807, 2.05) is 0 Å². The summed E-state index contributed by atoms with van der Waals surface area (Å²) in [4.78, 5) is 0. The molecule has 0 amide bonds. The molecule has 0 saturated heterocycles. The maximum atomic E-state index is 9.07. The van der Waals surface area contributed by atoms with E-state index in [2.05, 4.69) is 42.2 Å². The van der Waals surface area contributed by atoms with Crippen molar-refractivity contribution < 1.29 is 5.11 Å². The second-order valence-corrected chi connectivity index (χ2v) is 5.30. The lowest BCUT2D eigenvalue weighted by Gasteiger charge is -2.16. The third-order valence-electron chi connectivity index (χ3n) is 3.48. The van der Waals surface area contributed by atoms with E-state index in [0.29, 0.717) is 12.0 Å². The van der Waals surface area contributed by atoms with Gasteiger partial charge in [0, 0.05) is 31.6 Å². The quantitative estimate of drug-likeness (QED) is 0.761. The summed E-state index contributed by atoms with van der Waals surface area (Å²) in [6, 6.07) is 2.75. The molecule has 2 atom stereocenters. The van der Waals surface area contributed by atoms with Gasteiger partial charge in [-0.05, 0) is 42.9 Å². The van der Waals surface area contributed by atoms with E-state index in [1.54, 1.807) is 0 Å². The van der Waals surface area contributed by atoms with Crippen LogP contribution in [0.1, 0.15) is 38.3 Å². The minimum atomic E-state index is 0.257. The van der Waals surface area contributed by atoms with Gasteiger partial charge in [0.2, 0.25) is 0 Å². The second-order valence-electron chi connectivity index (χ2n) is 5.30. The van der Waals surface area contributed by atoms with Crippen LogP contribution in [0.2, 0.25) is 0 Å². The molecule has 0 bridgehead atoms. The Kier molecular flexibility index (Phi) is 4.24. The molecular formula is C14H24N2O. The Bertz CT molecular complexity index is 344. The molecule has 17 heavy (non-hydrogen) atoms. The van der Waals surface area contributed by atoms with Crippen molar-refractivity contribution in [2.24, 2.45) is 11.8 Å². The zero-order chi connectivity index (χ0) is 12.3. The van der Waals surface area contributed by atoms with Crippen LogP contribution >= 0.6 is 0 Å². The Morgan fingerprint density at radius 3 is 2.88 bits per heavy atom. The Balaban J connectivity index is 2.00. The lowest BCUT2D eigenvalue weighted by Crippen LogP contribution is -2.22. The lowest BCUT2D eigenvalue weighted by molar-refractivity contribution is 0.223. The molecule has 1 saturated carbocycles. The molecule has 0 aromatic carbocycles. The molecule has 1 fully saturated rings. The van der Waals surface area contributed by atoms with Gasteiger partial charge in [0.15, 0.2) is 0 Å². The number of hydrogen-bond acceptors (Lipinski definition) is 2. The zero-order valence-corrected chi connectivity index (χ0v) is 10.9. The van der Waals surface area contributed by atoms with Crippen LogP contribution in [-0.4, -0.2) is 22.8 Å². The van der Waals surface area contributed by atoms with Crippen molar-refractivity contribution in [1.29, 1.82) is 0 Å². The first kappa shape index (κ1) is 12.7. The van der Waals surface area contributed by atoms with Crippen LogP contribution in [-0.2, 0) is 6.54 Å². The predicted molar refractivity (Wildman–Crippen MR) is 69.8 cm³/mol. The van der Waals surface area contributed by atoms with Crippen molar-refractivity contribution in [2.45, 2.75) is 39.3 Å². The molecule has 0 spiro atoms. The molecule has 0 radical (unpaired) electrons. The van der Waals surface area contributed by atoms with Gasteiger partial charge in [0.1, 0.15) is 0 Å². The van der Waals surface area contributed by atoms with Crippen molar-refractivity contribution in [1.82, 2.24) is 9.88 Å². The second kappa shape index (κ2) is 5.69. The number of aromatic nitrogens is 1. The number of nitrogens with one attached hydrogen (secondary N) is 1. The molecule has 0 aliphatic heterocycles. The molecular weight excluding hydrogens is 212 g/mol. The van der Waals surface area contributed by atoms with E-state index in [-0.39, 0.29) is 6.61 Å². The van der Waals surface area contributed by atoms with Gasteiger partial charge in [0.05, 0.1) is 0 Å². The highest BCUT2D eigenvalue weighted by Gasteiger charge is 2.31. The Morgan fingerprint density at radius 2 is 2.29 bits per heavy atom. The lowest BCUT2D eigenvalue weighted by atomic mass is 10.1. The van der Waals surface area contributed by atoms with Crippen molar-refractivity contribution >= 4 is 0 Å². The Hall–Kier alpha value is -0.800. The maximum absolute atomic E-state index is 9.07. The third-order valence-corrected chi connectivity index (χ3v) is 3.48. The van der Waals surface area contributed by atoms with Crippen LogP contribution in [0.3, 0.4) is 0 Å². The minimum Gasteiger partial charge on any atom is -0.396 e. The highest BCUT2D eigenvalue weighted by molar-refractivity contribution is 5.18. The first-order valence-corrected chi connectivity index (χ1v) is 6.74. The predicted octanol–water partition coefficient (Wildman–Crippen LogP) is 2.18. The summed E-state index contributed by atoms with van der Waals surface area (Å²) in [5.41, 5.74) is 1.40. The SMILES string of the molecule is CCNC(c1ccn(CC(C)CO)c1)C1CC1. The van der Waals surface area contributed by atoms with E-state index in [1.165, 1.54) is 18.4 Å². The average molecular weight is 236 g/mol. The largest absolute Gasteiger partial charge is 0.396 e. The summed E-state index contributed by atoms with van der Waals surface area (Å²) >= 11 is 0. The molecule has 3 nitrogen and oxygen atoms in total.